The SMILES string of the molecule is CC(c1ccccc1Cl)N(O)c1ncc(-c2noc(C(F)(F)F)n2)cn1. The maximum absolute atomic E-state index is 12.5. The summed E-state index contributed by atoms with van der Waals surface area (Å²) in [6.45, 7) is 1.69. The van der Waals surface area contributed by atoms with Crippen LogP contribution in [-0.4, -0.2) is 25.3 Å². The second-order valence-corrected chi connectivity index (χ2v) is 5.64. The van der Waals surface area contributed by atoms with Crippen LogP contribution in [0.1, 0.15) is 24.4 Å². The van der Waals surface area contributed by atoms with Crippen LogP contribution in [-0.2, 0) is 6.18 Å². The van der Waals surface area contributed by atoms with Crippen molar-refractivity contribution in [2.75, 3.05) is 5.06 Å². The summed E-state index contributed by atoms with van der Waals surface area (Å²) >= 11 is 6.10. The fraction of sp³-hybridized carbons (Fsp3) is 0.200. The van der Waals surface area contributed by atoms with Crippen LogP contribution in [0.3, 0.4) is 0 Å². The van der Waals surface area contributed by atoms with Crippen LogP contribution in [0.25, 0.3) is 11.4 Å². The first kappa shape index (κ1) is 18.1. The number of hydrogen-bond donors (Lipinski definition) is 1. The molecule has 0 saturated carbocycles. The zero-order valence-electron chi connectivity index (χ0n) is 13.1. The molecule has 2 heterocycles. The van der Waals surface area contributed by atoms with Gasteiger partial charge in [-0.1, -0.05) is 35.0 Å². The number of rotatable bonds is 4. The van der Waals surface area contributed by atoms with Crippen LogP contribution in [0.5, 0.6) is 0 Å². The molecule has 26 heavy (non-hydrogen) atoms. The normalized spacial score (nSPS) is 12.8. The summed E-state index contributed by atoms with van der Waals surface area (Å²) in [6.07, 6.45) is -2.38. The van der Waals surface area contributed by atoms with Crippen molar-refractivity contribution in [3.05, 3.63) is 53.1 Å². The van der Waals surface area contributed by atoms with Crippen molar-refractivity contribution in [2.45, 2.75) is 19.1 Å². The second-order valence-electron chi connectivity index (χ2n) is 5.23. The molecule has 136 valence electrons. The van der Waals surface area contributed by atoms with Crippen LogP contribution >= 0.6 is 11.6 Å². The Morgan fingerprint density at radius 2 is 1.85 bits per heavy atom. The van der Waals surface area contributed by atoms with Gasteiger partial charge in [0, 0.05) is 17.4 Å². The van der Waals surface area contributed by atoms with Gasteiger partial charge in [-0.05, 0) is 18.6 Å². The van der Waals surface area contributed by atoms with E-state index in [1.807, 2.05) is 0 Å². The molecule has 0 bridgehead atoms. The third-order valence-electron chi connectivity index (χ3n) is 3.49. The highest BCUT2D eigenvalue weighted by Crippen LogP contribution is 2.30. The molecule has 0 fully saturated rings. The van der Waals surface area contributed by atoms with Gasteiger partial charge in [0.05, 0.1) is 11.6 Å². The molecule has 0 aliphatic heterocycles. The maximum Gasteiger partial charge on any atom is 0.471 e. The van der Waals surface area contributed by atoms with E-state index in [1.54, 1.807) is 31.2 Å². The van der Waals surface area contributed by atoms with E-state index in [9.17, 15) is 18.4 Å². The summed E-state index contributed by atoms with van der Waals surface area (Å²) in [5, 5.41) is 14.8. The third kappa shape index (κ3) is 3.60. The van der Waals surface area contributed by atoms with E-state index in [-0.39, 0.29) is 17.3 Å². The van der Waals surface area contributed by atoms with Crippen molar-refractivity contribution in [3.8, 4) is 11.4 Å². The van der Waals surface area contributed by atoms with E-state index in [0.717, 1.165) is 5.06 Å². The van der Waals surface area contributed by atoms with Crippen molar-refractivity contribution in [1.82, 2.24) is 20.1 Å². The topological polar surface area (TPSA) is 88.2 Å². The van der Waals surface area contributed by atoms with Crippen molar-refractivity contribution in [1.29, 1.82) is 0 Å². The Hall–Kier alpha value is -2.72. The lowest BCUT2D eigenvalue weighted by Crippen LogP contribution is -2.24. The van der Waals surface area contributed by atoms with Crippen LogP contribution in [0.2, 0.25) is 5.02 Å². The number of alkyl halides is 3. The largest absolute Gasteiger partial charge is 0.471 e. The number of benzene rings is 1. The van der Waals surface area contributed by atoms with Crippen molar-refractivity contribution in [2.24, 2.45) is 0 Å². The second kappa shape index (κ2) is 6.89. The first-order valence-corrected chi connectivity index (χ1v) is 7.61. The summed E-state index contributed by atoms with van der Waals surface area (Å²) in [7, 11) is 0. The Balaban J connectivity index is 1.81. The first-order chi connectivity index (χ1) is 12.3. The van der Waals surface area contributed by atoms with Gasteiger partial charge >= 0.3 is 12.1 Å². The van der Waals surface area contributed by atoms with Gasteiger partial charge in [0.15, 0.2) is 0 Å². The Morgan fingerprint density at radius 1 is 1.19 bits per heavy atom. The highest BCUT2D eigenvalue weighted by Gasteiger charge is 2.38. The third-order valence-corrected chi connectivity index (χ3v) is 3.84. The highest BCUT2D eigenvalue weighted by molar-refractivity contribution is 6.31. The number of anilines is 1. The van der Waals surface area contributed by atoms with Gasteiger partial charge in [0.25, 0.3) is 0 Å². The Bertz CT molecular complexity index is 901. The molecule has 7 nitrogen and oxygen atoms in total. The number of nitrogens with zero attached hydrogens (tertiary/aromatic N) is 5. The lowest BCUT2D eigenvalue weighted by Gasteiger charge is -2.23. The van der Waals surface area contributed by atoms with Gasteiger partial charge in [-0.15, -0.1) is 0 Å². The molecule has 3 aromatic rings. The Labute approximate surface area is 150 Å². The zero-order valence-corrected chi connectivity index (χ0v) is 13.9. The molecule has 1 aromatic carbocycles. The molecule has 0 saturated heterocycles. The van der Waals surface area contributed by atoms with E-state index >= 15 is 0 Å². The van der Waals surface area contributed by atoms with Crippen molar-refractivity contribution >= 4 is 17.5 Å². The van der Waals surface area contributed by atoms with Gasteiger partial charge in [0.2, 0.25) is 11.8 Å². The molecule has 0 aliphatic rings. The minimum Gasteiger partial charge on any atom is -0.329 e. The fourth-order valence-corrected chi connectivity index (χ4v) is 2.42. The van der Waals surface area contributed by atoms with Gasteiger partial charge in [0.1, 0.15) is 0 Å². The summed E-state index contributed by atoms with van der Waals surface area (Å²) in [4.78, 5) is 11.1. The molecule has 0 amide bonds. The van der Waals surface area contributed by atoms with Gasteiger partial charge in [-0.3, -0.25) is 5.21 Å². The van der Waals surface area contributed by atoms with Gasteiger partial charge < -0.3 is 4.52 Å². The molecule has 1 N–H and O–H groups in total. The average Bonchev–Trinajstić information content (AvgIpc) is 3.12. The van der Waals surface area contributed by atoms with Crippen molar-refractivity contribution in [3.63, 3.8) is 0 Å². The number of hydroxylamine groups is 1. The average molecular weight is 386 g/mol. The number of hydrogen-bond acceptors (Lipinski definition) is 7. The van der Waals surface area contributed by atoms with E-state index in [2.05, 4.69) is 24.6 Å². The number of aromatic nitrogens is 4. The van der Waals surface area contributed by atoms with Gasteiger partial charge in [-0.25, -0.2) is 15.0 Å². The molecule has 11 heteroatoms. The molecule has 1 unspecified atom stereocenters. The van der Waals surface area contributed by atoms with Crippen LogP contribution in [0.15, 0.2) is 41.2 Å². The predicted molar refractivity (Wildman–Crippen MR) is 84.5 cm³/mol. The monoisotopic (exact) mass is 385 g/mol. The fourth-order valence-electron chi connectivity index (χ4n) is 2.13. The predicted octanol–water partition coefficient (Wildman–Crippen LogP) is 4.16. The Morgan fingerprint density at radius 3 is 2.42 bits per heavy atom. The summed E-state index contributed by atoms with van der Waals surface area (Å²) < 4.78 is 41.6. The van der Waals surface area contributed by atoms with Crippen LogP contribution in [0.4, 0.5) is 19.1 Å². The molecule has 0 spiro atoms. The molecule has 0 aliphatic carbocycles. The van der Waals surface area contributed by atoms with Crippen LogP contribution < -0.4 is 5.06 Å². The Kier molecular flexibility index (Phi) is 4.79. The molecule has 1 atom stereocenters. The van der Waals surface area contributed by atoms with Crippen molar-refractivity contribution < 1.29 is 22.9 Å². The molecule has 2 aromatic heterocycles. The van der Waals surface area contributed by atoms with E-state index in [1.165, 1.54) is 12.4 Å². The van der Waals surface area contributed by atoms with Crippen LogP contribution in [0, 0.1) is 0 Å². The highest BCUT2D eigenvalue weighted by atomic mass is 35.5. The van der Waals surface area contributed by atoms with E-state index in [4.69, 9.17) is 11.6 Å². The minimum absolute atomic E-state index is 0.0688. The smallest absolute Gasteiger partial charge is 0.329 e. The molecular weight excluding hydrogens is 375 g/mol. The van der Waals surface area contributed by atoms with E-state index in [0.29, 0.717) is 10.6 Å². The molecule has 3 rings (SSSR count). The quantitative estimate of drug-likeness (QED) is 0.674. The lowest BCUT2D eigenvalue weighted by atomic mass is 10.1. The summed E-state index contributed by atoms with van der Waals surface area (Å²) in [5.41, 5.74) is 0.754. The lowest BCUT2D eigenvalue weighted by molar-refractivity contribution is -0.159. The standard InChI is InChI=1S/C15H11ClF3N5O2/c1-8(10-4-2-3-5-11(10)16)24(25)14-20-6-9(7-21-14)12-22-13(26-23-12)15(17,18)19/h2-8,25H,1H3. The zero-order chi connectivity index (χ0) is 18.9. The first-order valence-electron chi connectivity index (χ1n) is 7.23. The maximum atomic E-state index is 12.5. The number of halogens is 4. The summed E-state index contributed by atoms with van der Waals surface area (Å²) in [5.74, 6) is -1.85. The minimum atomic E-state index is -4.74. The molecular formula is C15H11ClF3N5O2. The van der Waals surface area contributed by atoms with Gasteiger partial charge in [-0.2, -0.15) is 18.2 Å². The van der Waals surface area contributed by atoms with E-state index < -0.39 is 18.1 Å². The summed E-state index contributed by atoms with van der Waals surface area (Å²) in [6, 6.07) is 6.38. The molecule has 0 radical (unpaired) electrons.